The molecule has 1 amide bonds. The van der Waals surface area contributed by atoms with Gasteiger partial charge < -0.3 is 14.8 Å². The van der Waals surface area contributed by atoms with Crippen LogP contribution in [0.5, 0.6) is 11.5 Å². The van der Waals surface area contributed by atoms with E-state index in [-0.39, 0.29) is 11.7 Å². The summed E-state index contributed by atoms with van der Waals surface area (Å²) in [6, 6.07) is 13.7. The molecule has 2 aromatic carbocycles. The Morgan fingerprint density at radius 2 is 1.83 bits per heavy atom. The normalized spacial score (nSPS) is 15.9. The average Bonchev–Trinajstić information content (AvgIpc) is 2.92. The van der Waals surface area contributed by atoms with Crippen molar-refractivity contribution in [1.82, 2.24) is 20.2 Å². The van der Waals surface area contributed by atoms with Crippen LogP contribution in [0.2, 0.25) is 5.02 Å². The van der Waals surface area contributed by atoms with Crippen LogP contribution in [0.1, 0.15) is 18.4 Å². The second-order valence-electron chi connectivity index (χ2n) is 8.79. The monoisotopic (exact) mass is 526 g/mol. The summed E-state index contributed by atoms with van der Waals surface area (Å²) in [5.41, 5.74) is 3.06. The molecule has 3 aromatic rings. The van der Waals surface area contributed by atoms with Crippen molar-refractivity contribution >= 4 is 29.3 Å². The van der Waals surface area contributed by atoms with Gasteiger partial charge in [0.2, 0.25) is 5.91 Å². The van der Waals surface area contributed by atoms with Crippen LogP contribution in [0.4, 0.5) is 0 Å². The molecular formula is C27H31ClN4O3S. The van der Waals surface area contributed by atoms with E-state index < -0.39 is 0 Å². The summed E-state index contributed by atoms with van der Waals surface area (Å²) in [6.07, 6.45) is 5.78. The van der Waals surface area contributed by atoms with Gasteiger partial charge in [-0.25, -0.2) is 9.97 Å². The van der Waals surface area contributed by atoms with E-state index in [1.165, 1.54) is 17.3 Å². The van der Waals surface area contributed by atoms with Crippen molar-refractivity contribution in [3.63, 3.8) is 0 Å². The number of methoxy groups -OCH3 is 2. The zero-order chi connectivity index (χ0) is 25.3. The lowest BCUT2D eigenvalue weighted by Gasteiger charge is -2.32. The van der Waals surface area contributed by atoms with Crippen molar-refractivity contribution in [2.75, 3.05) is 39.6 Å². The van der Waals surface area contributed by atoms with Gasteiger partial charge in [-0.2, -0.15) is 0 Å². The molecule has 1 aromatic heterocycles. The van der Waals surface area contributed by atoms with E-state index in [9.17, 15) is 4.79 Å². The second kappa shape index (κ2) is 12.9. The van der Waals surface area contributed by atoms with Crippen molar-refractivity contribution < 1.29 is 14.3 Å². The molecule has 4 rings (SSSR count). The van der Waals surface area contributed by atoms with Crippen LogP contribution in [0.25, 0.3) is 11.1 Å². The van der Waals surface area contributed by atoms with Crippen molar-refractivity contribution in [2.45, 2.75) is 24.5 Å². The number of hydrogen-bond donors (Lipinski definition) is 1. The summed E-state index contributed by atoms with van der Waals surface area (Å²) in [7, 11) is 3.21. The number of aromatic nitrogens is 2. The molecule has 1 fully saturated rings. The first-order valence-corrected chi connectivity index (χ1v) is 13.3. The summed E-state index contributed by atoms with van der Waals surface area (Å²) < 4.78 is 10.7. The smallest absolute Gasteiger partial charge is 0.230 e. The molecule has 0 radical (unpaired) electrons. The zero-order valence-corrected chi connectivity index (χ0v) is 22.1. The number of thioether (sulfide) groups is 1. The van der Waals surface area contributed by atoms with Crippen LogP contribution >= 0.6 is 23.4 Å². The second-order valence-corrected chi connectivity index (χ2v) is 10.2. The van der Waals surface area contributed by atoms with Crippen molar-refractivity contribution in [3.05, 3.63) is 65.4 Å². The lowest BCUT2D eigenvalue weighted by atomic mass is 9.97. The third kappa shape index (κ3) is 7.35. The largest absolute Gasteiger partial charge is 0.493 e. The molecule has 0 aliphatic carbocycles. The fourth-order valence-electron chi connectivity index (χ4n) is 4.30. The van der Waals surface area contributed by atoms with Crippen molar-refractivity contribution in [2.24, 2.45) is 5.92 Å². The molecule has 1 atom stereocenters. The fourth-order valence-corrected chi connectivity index (χ4v) is 5.05. The van der Waals surface area contributed by atoms with E-state index in [4.69, 9.17) is 21.1 Å². The maximum absolute atomic E-state index is 12.4. The maximum atomic E-state index is 12.4. The first-order chi connectivity index (χ1) is 17.5. The molecule has 190 valence electrons. The van der Waals surface area contributed by atoms with Gasteiger partial charge in [0.25, 0.3) is 0 Å². The Bertz CT molecular complexity index is 1140. The van der Waals surface area contributed by atoms with Gasteiger partial charge in [0.15, 0.2) is 16.7 Å². The highest BCUT2D eigenvalue weighted by atomic mass is 35.5. The van der Waals surface area contributed by atoms with Crippen LogP contribution in [-0.4, -0.2) is 60.4 Å². The number of likely N-dealkylation sites (tertiary alicyclic amines) is 1. The molecule has 2 heterocycles. The Morgan fingerprint density at radius 3 is 2.56 bits per heavy atom. The Balaban J connectivity index is 1.21. The molecule has 0 bridgehead atoms. The quantitative estimate of drug-likeness (QED) is 0.296. The summed E-state index contributed by atoms with van der Waals surface area (Å²) >= 11 is 7.33. The standard InChI is InChI=1S/C27H31ClN4O3S/c1-34-24-10-7-21(12-25(24)35-2)22-14-30-27(31-15-22)36-18-26(33)29-13-20-4-3-11-32(17-20)16-19-5-8-23(28)9-6-19/h5-10,12,14-15,20H,3-4,11,13,16-18H2,1-2H3,(H,29,33). The fraction of sp³-hybridized carbons (Fsp3) is 0.370. The van der Waals surface area contributed by atoms with Gasteiger partial charge in [0.1, 0.15) is 0 Å². The van der Waals surface area contributed by atoms with E-state index in [1.807, 2.05) is 30.3 Å². The lowest BCUT2D eigenvalue weighted by molar-refractivity contribution is -0.118. The lowest BCUT2D eigenvalue weighted by Crippen LogP contribution is -2.40. The maximum Gasteiger partial charge on any atom is 0.230 e. The molecule has 1 unspecified atom stereocenters. The number of amides is 1. The molecule has 7 nitrogen and oxygen atoms in total. The third-order valence-electron chi connectivity index (χ3n) is 6.19. The molecule has 0 spiro atoms. The summed E-state index contributed by atoms with van der Waals surface area (Å²) in [6.45, 7) is 3.67. The topological polar surface area (TPSA) is 76.6 Å². The van der Waals surface area contributed by atoms with E-state index in [1.54, 1.807) is 26.6 Å². The summed E-state index contributed by atoms with van der Waals surface area (Å²) in [5, 5.41) is 4.42. The number of hydrogen-bond acceptors (Lipinski definition) is 7. The van der Waals surface area contributed by atoms with E-state index in [0.29, 0.717) is 29.1 Å². The number of benzene rings is 2. The van der Waals surface area contributed by atoms with Crippen LogP contribution in [0.15, 0.2) is 60.0 Å². The highest BCUT2D eigenvalue weighted by molar-refractivity contribution is 7.99. The third-order valence-corrected chi connectivity index (χ3v) is 7.32. The Labute approximate surface area is 221 Å². The molecular weight excluding hydrogens is 496 g/mol. The SMILES string of the molecule is COc1ccc(-c2cnc(SCC(=O)NCC3CCCN(Cc4ccc(Cl)cc4)C3)nc2)cc1OC. The minimum Gasteiger partial charge on any atom is -0.493 e. The van der Waals surface area contributed by atoms with Gasteiger partial charge in [0.05, 0.1) is 20.0 Å². The number of piperidine rings is 1. The number of nitrogens with one attached hydrogen (secondary N) is 1. The molecule has 36 heavy (non-hydrogen) atoms. The zero-order valence-electron chi connectivity index (χ0n) is 20.6. The predicted molar refractivity (Wildman–Crippen MR) is 144 cm³/mol. The molecule has 1 aliphatic heterocycles. The number of halogens is 1. The molecule has 0 saturated carbocycles. The Kier molecular flexibility index (Phi) is 9.44. The highest BCUT2D eigenvalue weighted by Crippen LogP contribution is 2.32. The van der Waals surface area contributed by atoms with Crippen molar-refractivity contribution in [1.29, 1.82) is 0 Å². The van der Waals surface area contributed by atoms with E-state index in [0.717, 1.165) is 48.6 Å². The number of ether oxygens (including phenoxy) is 2. The van der Waals surface area contributed by atoms with Crippen LogP contribution in [-0.2, 0) is 11.3 Å². The van der Waals surface area contributed by atoms with Crippen LogP contribution in [0.3, 0.4) is 0 Å². The number of nitrogens with zero attached hydrogens (tertiary/aromatic N) is 3. The first kappa shape index (κ1) is 26.3. The molecule has 1 aliphatic rings. The molecule has 9 heteroatoms. The Hall–Kier alpha value is -2.81. The summed E-state index contributed by atoms with van der Waals surface area (Å²) in [4.78, 5) is 23.7. The van der Waals surface area contributed by atoms with Gasteiger partial charge in [-0.05, 0) is 60.7 Å². The minimum atomic E-state index is 0.00221. The van der Waals surface area contributed by atoms with Gasteiger partial charge in [-0.3, -0.25) is 9.69 Å². The number of carbonyl (C=O) groups excluding carboxylic acids is 1. The Morgan fingerprint density at radius 1 is 1.08 bits per heavy atom. The average molecular weight is 527 g/mol. The molecule has 1 N–H and O–H groups in total. The van der Waals surface area contributed by atoms with Gasteiger partial charge in [-0.15, -0.1) is 0 Å². The van der Waals surface area contributed by atoms with E-state index in [2.05, 4.69) is 32.3 Å². The highest BCUT2D eigenvalue weighted by Gasteiger charge is 2.20. The number of rotatable bonds is 10. The predicted octanol–water partition coefficient (Wildman–Crippen LogP) is 4.93. The van der Waals surface area contributed by atoms with Gasteiger partial charge in [0, 0.05) is 42.6 Å². The van der Waals surface area contributed by atoms with E-state index >= 15 is 0 Å². The summed E-state index contributed by atoms with van der Waals surface area (Å²) in [5.74, 6) is 2.06. The minimum absolute atomic E-state index is 0.00221. The first-order valence-electron chi connectivity index (χ1n) is 11.9. The molecule has 1 saturated heterocycles. The van der Waals surface area contributed by atoms with Gasteiger partial charge in [-0.1, -0.05) is 41.6 Å². The van der Waals surface area contributed by atoms with Crippen LogP contribution in [0, 0.1) is 5.92 Å². The van der Waals surface area contributed by atoms with Crippen LogP contribution < -0.4 is 14.8 Å². The van der Waals surface area contributed by atoms with Gasteiger partial charge >= 0.3 is 0 Å². The van der Waals surface area contributed by atoms with Crippen molar-refractivity contribution in [3.8, 4) is 22.6 Å². The number of carbonyl (C=O) groups is 1.